The Balaban J connectivity index is 2.01. The number of aromatic nitrogens is 7. The van der Waals surface area contributed by atoms with Gasteiger partial charge in [0.15, 0.2) is 10.8 Å². The topological polar surface area (TPSA) is 117 Å². The van der Waals surface area contributed by atoms with Gasteiger partial charge in [-0.05, 0) is 18.2 Å². The van der Waals surface area contributed by atoms with Gasteiger partial charge in [0.05, 0.1) is 6.33 Å². The lowest BCUT2D eigenvalue weighted by Crippen LogP contribution is -2.13. The highest BCUT2D eigenvalue weighted by Gasteiger charge is 2.14. The van der Waals surface area contributed by atoms with Crippen LogP contribution in [0.2, 0.25) is 0 Å². The molecule has 3 N–H and O–H groups in total. The van der Waals surface area contributed by atoms with Crippen LogP contribution in [-0.2, 0) is 7.05 Å². The molecule has 3 rings (SSSR count). The summed E-state index contributed by atoms with van der Waals surface area (Å²) >= 11 is 1.28. The van der Waals surface area contributed by atoms with Crippen LogP contribution in [0.25, 0.3) is 11.2 Å². The fraction of sp³-hybridized carbons (Fsp3) is 0.364. The molecular formula is C11H14N8OS. The maximum absolute atomic E-state index is 11.4. The molecule has 0 saturated heterocycles. The number of nitrogens with one attached hydrogen (secondary N) is 3. The molecule has 0 aliphatic heterocycles. The van der Waals surface area contributed by atoms with Gasteiger partial charge in [-0.25, -0.2) is 19.9 Å². The molecule has 21 heavy (non-hydrogen) atoms. The van der Waals surface area contributed by atoms with Crippen LogP contribution in [0.1, 0.15) is 13.3 Å². The Morgan fingerprint density at radius 1 is 1.43 bits per heavy atom. The summed E-state index contributed by atoms with van der Waals surface area (Å²) in [7, 11) is 1.65. The molecule has 0 fully saturated rings. The monoisotopic (exact) mass is 306 g/mol. The van der Waals surface area contributed by atoms with Crippen LogP contribution < -0.4 is 11.0 Å². The highest BCUT2D eigenvalue weighted by Crippen LogP contribution is 2.28. The van der Waals surface area contributed by atoms with E-state index >= 15 is 0 Å². The lowest BCUT2D eigenvalue weighted by atomic mass is 10.5. The predicted molar refractivity (Wildman–Crippen MR) is 78.4 cm³/mol. The minimum atomic E-state index is -0.267. The van der Waals surface area contributed by atoms with E-state index in [1.165, 1.54) is 16.3 Å². The van der Waals surface area contributed by atoms with Crippen molar-refractivity contribution in [3.63, 3.8) is 0 Å². The second kappa shape index (κ2) is 5.56. The van der Waals surface area contributed by atoms with Crippen molar-refractivity contribution in [1.29, 1.82) is 0 Å². The predicted octanol–water partition coefficient (Wildman–Crippen LogP) is 0.748. The van der Waals surface area contributed by atoms with Gasteiger partial charge in [0, 0.05) is 13.6 Å². The third kappa shape index (κ3) is 2.61. The van der Waals surface area contributed by atoms with Crippen molar-refractivity contribution in [2.45, 2.75) is 23.5 Å². The van der Waals surface area contributed by atoms with Crippen LogP contribution in [0.5, 0.6) is 0 Å². The largest absolute Gasteiger partial charge is 0.354 e. The molecule has 3 aromatic rings. The Hall–Kier alpha value is -2.36. The zero-order chi connectivity index (χ0) is 14.8. The zero-order valence-electron chi connectivity index (χ0n) is 11.5. The molecule has 10 heteroatoms. The van der Waals surface area contributed by atoms with Gasteiger partial charge in [0.2, 0.25) is 5.95 Å². The summed E-state index contributed by atoms with van der Waals surface area (Å²) in [5.74, 6) is 0.513. The molecule has 0 aliphatic carbocycles. The number of fused-ring (bicyclic) bond motifs is 1. The first-order valence-electron chi connectivity index (χ1n) is 6.43. The van der Waals surface area contributed by atoms with E-state index in [1.54, 1.807) is 13.4 Å². The van der Waals surface area contributed by atoms with E-state index in [1.807, 2.05) is 0 Å². The van der Waals surface area contributed by atoms with Crippen LogP contribution in [0.4, 0.5) is 5.95 Å². The minimum Gasteiger partial charge on any atom is -0.354 e. The van der Waals surface area contributed by atoms with Gasteiger partial charge >= 0.3 is 5.69 Å². The van der Waals surface area contributed by atoms with Crippen LogP contribution >= 0.6 is 11.8 Å². The molecule has 3 heterocycles. The van der Waals surface area contributed by atoms with E-state index in [-0.39, 0.29) is 5.69 Å². The van der Waals surface area contributed by atoms with Crippen molar-refractivity contribution < 1.29 is 0 Å². The van der Waals surface area contributed by atoms with E-state index in [9.17, 15) is 4.79 Å². The number of rotatable bonds is 5. The highest BCUT2D eigenvalue weighted by molar-refractivity contribution is 7.99. The normalized spacial score (nSPS) is 11.1. The molecule has 110 valence electrons. The van der Waals surface area contributed by atoms with Crippen molar-refractivity contribution in [2.75, 3.05) is 11.9 Å². The quantitative estimate of drug-likeness (QED) is 0.595. The average Bonchev–Trinajstić information content (AvgIpc) is 3.07. The SMILES string of the molecule is CCCNc1nc(Sc2n[nH]c(=O)n2C)c2[nH]cnc2n1. The molecule has 0 bridgehead atoms. The smallest absolute Gasteiger partial charge is 0.343 e. The van der Waals surface area contributed by atoms with Gasteiger partial charge < -0.3 is 10.3 Å². The van der Waals surface area contributed by atoms with E-state index in [4.69, 9.17) is 0 Å². The molecule has 0 aliphatic rings. The standard InChI is InChI=1S/C11H14N8OS/c1-3-4-12-9-15-7-6(13-5-14-7)8(16-9)21-11-18-17-10(20)19(11)2/h5H,3-4H2,1-2H3,(H,17,20)(H2,12,13,14,15,16). The number of hydrogen-bond acceptors (Lipinski definition) is 7. The Labute approximate surface area is 123 Å². The number of anilines is 1. The van der Waals surface area contributed by atoms with Crippen LogP contribution in [0, 0.1) is 0 Å². The summed E-state index contributed by atoms with van der Waals surface area (Å²) in [5, 5.41) is 10.7. The molecule has 3 aromatic heterocycles. The summed E-state index contributed by atoms with van der Waals surface area (Å²) in [4.78, 5) is 27.4. The molecule has 9 nitrogen and oxygen atoms in total. The van der Waals surface area contributed by atoms with Crippen LogP contribution in [0.3, 0.4) is 0 Å². The Kier molecular flexibility index (Phi) is 3.60. The summed E-state index contributed by atoms with van der Waals surface area (Å²) in [5.41, 5.74) is 1.03. The Bertz CT molecular complexity index is 819. The fourth-order valence-corrected chi connectivity index (χ4v) is 2.58. The lowest BCUT2D eigenvalue weighted by Gasteiger charge is -2.05. The first-order chi connectivity index (χ1) is 10.2. The molecule has 0 atom stereocenters. The van der Waals surface area contributed by atoms with Gasteiger partial charge in [0.25, 0.3) is 0 Å². The molecule has 0 unspecified atom stereocenters. The maximum Gasteiger partial charge on any atom is 0.343 e. The zero-order valence-corrected chi connectivity index (χ0v) is 12.4. The Morgan fingerprint density at radius 2 is 2.29 bits per heavy atom. The van der Waals surface area contributed by atoms with E-state index in [2.05, 4.69) is 42.4 Å². The molecule has 0 amide bonds. The summed E-state index contributed by atoms with van der Waals surface area (Å²) in [6.45, 7) is 2.84. The van der Waals surface area contributed by atoms with Crippen molar-refractivity contribution in [3.05, 3.63) is 16.8 Å². The number of nitrogens with zero attached hydrogens (tertiary/aromatic N) is 5. The van der Waals surface area contributed by atoms with Gasteiger partial charge in [0.1, 0.15) is 10.5 Å². The summed E-state index contributed by atoms with van der Waals surface area (Å²) in [6, 6.07) is 0. The number of H-pyrrole nitrogens is 2. The number of hydrogen-bond donors (Lipinski definition) is 3. The van der Waals surface area contributed by atoms with Crippen LogP contribution in [0.15, 0.2) is 21.3 Å². The van der Waals surface area contributed by atoms with Gasteiger partial charge in [-0.15, -0.1) is 5.10 Å². The number of imidazole rings is 1. The molecule has 0 saturated carbocycles. The molecule has 0 spiro atoms. The van der Waals surface area contributed by atoms with Gasteiger partial charge in [-0.1, -0.05) is 6.92 Å². The molecule has 0 radical (unpaired) electrons. The molecule has 0 aromatic carbocycles. The lowest BCUT2D eigenvalue weighted by molar-refractivity contribution is 0.765. The van der Waals surface area contributed by atoms with Gasteiger partial charge in [-0.3, -0.25) is 4.57 Å². The van der Waals surface area contributed by atoms with E-state index in [0.29, 0.717) is 21.8 Å². The summed E-state index contributed by atoms with van der Waals surface area (Å²) in [6.07, 6.45) is 2.54. The van der Waals surface area contributed by atoms with E-state index < -0.39 is 0 Å². The van der Waals surface area contributed by atoms with Crippen molar-refractivity contribution in [2.24, 2.45) is 7.05 Å². The van der Waals surface area contributed by atoms with Crippen molar-refractivity contribution in [3.8, 4) is 0 Å². The average molecular weight is 306 g/mol. The Morgan fingerprint density at radius 3 is 3.00 bits per heavy atom. The second-order valence-electron chi connectivity index (χ2n) is 4.35. The molecular weight excluding hydrogens is 292 g/mol. The summed E-state index contributed by atoms with van der Waals surface area (Å²) < 4.78 is 1.42. The van der Waals surface area contributed by atoms with E-state index in [0.717, 1.165) is 18.5 Å². The third-order valence-corrected chi connectivity index (χ3v) is 3.85. The van der Waals surface area contributed by atoms with Crippen LogP contribution in [-0.4, -0.2) is 41.2 Å². The van der Waals surface area contributed by atoms with Crippen molar-refractivity contribution >= 4 is 28.9 Å². The third-order valence-electron chi connectivity index (χ3n) is 2.81. The first kappa shape index (κ1) is 13.6. The first-order valence-corrected chi connectivity index (χ1v) is 7.25. The maximum atomic E-state index is 11.4. The minimum absolute atomic E-state index is 0.267. The second-order valence-corrected chi connectivity index (χ2v) is 5.31. The van der Waals surface area contributed by atoms with Gasteiger partial charge in [-0.2, -0.15) is 4.98 Å². The fourth-order valence-electron chi connectivity index (χ4n) is 1.71. The number of aromatic amines is 2. The van der Waals surface area contributed by atoms with Crippen molar-refractivity contribution in [1.82, 2.24) is 34.7 Å². The highest BCUT2D eigenvalue weighted by atomic mass is 32.2.